The minimum atomic E-state index is -1.62. The highest BCUT2D eigenvalue weighted by molar-refractivity contribution is 7.98. The van der Waals surface area contributed by atoms with E-state index in [0.29, 0.717) is 6.42 Å². The summed E-state index contributed by atoms with van der Waals surface area (Å²) in [5.74, 6) is -9.63. The van der Waals surface area contributed by atoms with Crippen molar-refractivity contribution in [2.45, 2.75) is 229 Å². The number of amides is 11. The number of likely N-dealkylation sites (N-methyl/N-ethyl adjacent to an activating group) is 7. The first-order chi connectivity index (χ1) is 40.7. The third-order valence-electron chi connectivity index (χ3n) is 16.7. The van der Waals surface area contributed by atoms with Crippen molar-refractivity contribution in [3.05, 3.63) is 12.2 Å². The summed E-state index contributed by atoms with van der Waals surface area (Å²) < 4.78 is 0. The van der Waals surface area contributed by atoms with Gasteiger partial charge in [0.1, 0.15) is 66.5 Å². The number of aliphatic hydroxyl groups excluding tert-OH is 1. The molecule has 0 aromatic rings. The van der Waals surface area contributed by atoms with Gasteiger partial charge in [0.15, 0.2) is 0 Å². The molecule has 23 nitrogen and oxygen atoms in total. The Bertz CT molecular complexity index is 2400. The molecule has 1 fully saturated rings. The van der Waals surface area contributed by atoms with Crippen LogP contribution in [0, 0.1) is 41.4 Å². The monoisotopic (exact) mass is 1260 g/mol. The zero-order valence-electron chi connectivity index (χ0n) is 58.1. The maximum Gasteiger partial charge on any atom is 0.246 e. The van der Waals surface area contributed by atoms with Gasteiger partial charge in [-0.3, -0.25) is 52.7 Å². The Balaban J connectivity index is 4.45. The number of aliphatic hydroxyl groups is 1. The van der Waals surface area contributed by atoms with Gasteiger partial charge in [0.25, 0.3) is 0 Å². The second kappa shape index (κ2) is 36.8. The van der Waals surface area contributed by atoms with Gasteiger partial charge in [0.2, 0.25) is 65.0 Å². The molecular formula is C64H115N11O12S. The first-order valence-corrected chi connectivity index (χ1v) is 32.9. The fourth-order valence-electron chi connectivity index (χ4n) is 11.1. The largest absolute Gasteiger partial charge is 0.390 e. The fourth-order valence-corrected chi connectivity index (χ4v) is 11.8. The summed E-state index contributed by atoms with van der Waals surface area (Å²) in [7, 11) is 10.0. The lowest BCUT2D eigenvalue weighted by Gasteiger charge is -2.41. The first kappa shape index (κ1) is 80.2. The van der Waals surface area contributed by atoms with E-state index in [-0.39, 0.29) is 61.5 Å². The Kier molecular flexibility index (Phi) is 33.5. The van der Waals surface area contributed by atoms with Crippen LogP contribution in [0.4, 0.5) is 0 Å². The van der Waals surface area contributed by atoms with E-state index in [1.807, 2.05) is 61.5 Å². The van der Waals surface area contributed by atoms with E-state index in [1.165, 1.54) is 104 Å². The van der Waals surface area contributed by atoms with Gasteiger partial charge in [-0.2, -0.15) is 11.8 Å². The number of nitrogens with zero attached hydrogens (tertiary/aromatic N) is 7. The van der Waals surface area contributed by atoms with Gasteiger partial charge in [0.05, 0.1) is 6.10 Å². The summed E-state index contributed by atoms with van der Waals surface area (Å²) in [5.41, 5.74) is 0. The van der Waals surface area contributed by atoms with Crippen LogP contribution in [-0.4, -0.2) is 238 Å². The zero-order chi connectivity index (χ0) is 68.3. The predicted octanol–water partition coefficient (Wildman–Crippen LogP) is 4.00. The van der Waals surface area contributed by atoms with Gasteiger partial charge in [0, 0.05) is 55.1 Å². The maximum atomic E-state index is 15.2. The number of rotatable bonds is 17. The van der Waals surface area contributed by atoms with E-state index in [1.54, 1.807) is 60.8 Å². The summed E-state index contributed by atoms with van der Waals surface area (Å²) in [6.07, 6.45) is 4.77. The van der Waals surface area contributed by atoms with Crippen LogP contribution in [0.5, 0.6) is 0 Å². The Morgan fingerprint density at radius 3 is 1.26 bits per heavy atom. The molecule has 1 unspecified atom stereocenters. The molecule has 0 aromatic heterocycles. The number of hydrogen-bond acceptors (Lipinski definition) is 13. The molecule has 88 heavy (non-hydrogen) atoms. The van der Waals surface area contributed by atoms with E-state index >= 15 is 19.2 Å². The van der Waals surface area contributed by atoms with E-state index in [0.717, 1.165) is 4.90 Å². The van der Waals surface area contributed by atoms with Gasteiger partial charge in [-0.15, -0.1) is 0 Å². The quantitative estimate of drug-likeness (QED) is 0.129. The second-order valence-electron chi connectivity index (χ2n) is 26.8. The van der Waals surface area contributed by atoms with Crippen molar-refractivity contribution in [1.29, 1.82) is 0 Å². The van der Waals surface area contributed by atoms with Gasteiger partial charge < -0.3 is 60.7 Å². The number of carbonyl (C=O) groups excluding carboxylic acids is 11. The molecule has 0 radical (unpaired) electrons. The topological polar surface area (TPSA) is 279 Å². The number of thioether (sulfide) groups is 1. The lowest BCUT2D eigenvalue weighted by molar-refractivity contribution is -0.157. The normalized spacial score (nSPS) is 27.2. The van der Waals surface area contributed by atoms with Crippen LogP contribution < -0.4 is 21.3 Å². The van der Waals surface area contributed by atoms with Gasteiger partial charge in [-0.1, -0.05) is 109 Å². The molecule has 11 amide bonds. The Morgan fingerprint density at radius 1 is 0.443 bits per heavy atom. The molecule has 0 bridgehead atoms. The number of allylic oxidation sites excluding steroid dienone is 2. The van der Waals surface area contributed by atoms with Crippen molar-refractivity contribution < 1.29 is 57.8 Å². The molecule has 0 aliphatic carbocycles. The van der Waals surface area contributed by atoms with Crippen molar-refractivity contribution in [2.24, 2.45) is 41.4 Å². The molecule has 13 atom stereocenters. The van der Waals surface area contributed by atoms with Gasteiger partial charge >= 0.3 is 0 Å². The summed E-state index contributed by atoms with van der Waals surface area (Å²) in [4.78, 5) is 171. The van der Waals surface area contributed by atoms with Crippen molar-refractivity contribution in [3.63, 3.8) is 0 Å². The Morgan fingerprint density at radius 2 is 0.830 bits per heavy atom. The van der Waals surface area contributed by atoms with Crippen LogP contribution in [0.2, 0.25) is 0 Å². The van der Waals surface area contributed by atoms with E-state index < -0.39 is 155 Å². The van der Waals surface area contributed by atoms with Crippen LogP contribution in [-0.2, 0) is 52.7 Å². The first-order valence-electron chi connectivity index (χ1n) is 31.5. The molecule has 5 N–H and O–H groups in total. The zero-order valence-corrected chi connectivity index (χ0v) is 58.9. The molecule has 1 aliphatic rings. The van der Waals surface area contributed by atoms with E-state index in [2.05, 4.69) is 21.3 Å². The summed E-state index contributed by atoms with van der Waals surface area (Å²) in [6.45, 7) is 30.0. The Labute approximate surface area is 531 Å². The third-order valence-corrected chi connectivity index (χ3v) is 17.4. The molecule has 504 valence electrons. The molecule has 0 aromatic carbocycles. The molecule has 0 spiro atoms. The second-order valence-corrected chi connectivity index (χ2v) is 27.7. The molecule has 1 saturated heterocycles. The summed E-state index contributed by atoms with van der Waals surface area (Å²) >= 11 is 1.27. The van der Waals surface area contributed by atoms with Gasteiger partial charge in [-0.05, 0) is 107 Å². The highest BCUT2D eigenvalue weighted by atomic mass is 32.2. The average molecular weight is 1260 g/mol. The minimum absolute atomic E-state index is 0.0149. The molecule has 0 saturated carbocycles. The molecule has 24 heteroatoms. The van der Waals surface area contributed by atoms with E-state index in [4.69, 9.17) is 0 Å². The maximum absolute atomic E-state index is 15.2. The molecule has 1 aliphatic heterocycles. The van der Waals surface area contributed by atoms with Crippen molar-refractivity contribution in [1.82, 2.24) is 55.6 Å². The van der Waals surface area contributed by atoms with Crippen LogP contribution >= 0.6 is 11.8 Å². The minimum Gasteiger partial charge on any atom is -0.390 e. The third kappa shape index (κ3) is 22.0. The number of nitrogens with one attached hydrogen (secondary N) is 4. The predicted molar refractivity (Wildman–Crippen MR) is 346 cm³/mol. The van der Waals surface area contributed by atoms with Crippen LogP contribution in [0.3, 0.4) is 0 Å². The molecule has 1 rings (SSSR count). The van der Waals surface area contributed by atoms with E-state index in [9.17, 15) is 38.7 Å². The van der Waals surface area contributed by atoms with Crippen molar-refractivity contribution >= 4 is 76.7 Å². The summed E-state index contributed by atoms with van der Waals surface area (Å²) in [5, 5.41) is 23.3. The molecule has 1 heterocycles. The summed E-state index contributed by atoms with van der Waals surface area (Å²) in [6, 6.07) is -13.6. The highest BCUT2D eigenvalue weighted by Crippen LogP contribution is 2.26. The number of carbonyl (C=O) groups is 11. The highest BCUT2D eigenvalue weighted by Gasteiger charge is 2.46. The standard InChI is InChI=1S/C64H115N11O12S/c1-26-28-29-41(15)53(76)52-57(80)67-44(27-2)59(82)73(22)49(34-88-25)62(85)69(18)46(31-36(5)6)56(79)68-50(39(11)12)63(86)70(19)45(30-35(3)4)55(78)65-42(16)54(77)66-43(17)58(81)71(20)47(32-37(7)8)60(83)72(21)48(33-38(9)10)61(84)74(23)51(40(13)14)64(87)75(52)24/h26,28,35-53,76H,27,29-34H2,1-25H3,(H,65,78)(H,66,77)(H,67,80)(H,68,79)/b28-26+/t41-,42+,43-,44+,45?,46+,47+,48+,49-,50+,51+,52+,53-/m1/s1. The van der Waals surface area contributed by atoms with Crippen molar-refractivity contribution in [3.8, 4) is 0 Å². The van der Waals surface area contributed by atoms with Crippen LogP contribution in [0.25, 0.3) is 0 Å². The SMILES string of the molecule is C/C=C/C[C@@H](C)[C@@H](O)[C@H]1C(=O)N[C@@H](CC)C(=O)N(C)[C@H](CSC)C(=O)N(C)[C@@H](CC(C)C)C(=O)N[C@@H](C(C)C)C(=O)N(C)C(CC(C)C)C(=O)N[C@@H](C)C(=O)N[C@H](C)C(=O)N(C)[C@@H](CC(C)C)C(=O)N(C)[C@@H](CC(C)C)C(=O)N(C)[C@@H](C(C)C)C(=O)N1C. The lowest BCUT2D eigenvalue weighted by Crippen LogP contribution is -2.64. The molecular weight excluding hydrogens is 1150 g/mol. The average Bonchev–Trinajstić information content (AvgIpc) is 1.33. The lowest BCUT2D eigenvalue weighted by atomic mass is 9.91. The van der Waals surface area contributed by atoms with Crippen LogP contribution in [0.15, 0.2) is 12.2 Å². The van der Waals surface area contributed by atoms with Crippen molar-refractivity contribution in [2.75, 3.05) is 61.3 Å². The van der Waals surface area contributed by atoms with Gasteiger partial charge in [-0.25, -0.2) is 0 Å². The Hall–Kier alpha value is -5.78. The number of hydrogen-bond donors (Lipinski definition) is 5. The fraction of sp³-hybridized carbons (Fsp3) is 0.797. The smallest absolute Gasteiger partial charge is 0.246 e. The van der Waals surface area contributed by atoms with Crippen LogP contribution in [0.1, 0.15) is 156 Å².